The topological polar surface area (TPSA) is 62.7 Å². The van der Waals surface area contributed by atoms with E-state index in [0.29, 0.717) is 0 Å². The summed E-state index contributed by atoms with van der Waals surface area (Å²) in [7, 11) is 2.00. The van der Waals surface area contributed by atoms with Crippen LogP contribution < -0.4 is 4.74 Å². The molecule has 45 heavy (non-hydrogen) atoms. The molecule has 0 aliphatic heterocycles. The monoisotopic (exact) mass is 586 g/mol. The van der Waals surface area contributed by atoms with E-state index >= 15 is 0 Å². The van der Waals surface area contributed by atoms with Gasteiger partial charge in [0.1, 0.15) is 23.1 Å². The minimum atomic E-state index is 0.719. The molecule has 0 fully saturated rings. The molecule has 0 bridgehead atoms. The van der Waals surface area contributed by atoms with E-state index in [9.17, 15) is 0 Å². The lowest BCUT2D eigenvalue weighted by molar-refractivity contribution is 0.483. The van der Waals surface area contributed by atoms with E-state index in [1.165, 1.54) is 5.39 Å². The Morgan fingerprint density at radius 1 is 0.644 bits per heavy atom. The lowest BCUT2D eigenvalue weighted by atomic mass is 10.0. The van der Waals surface area contributed by atoms with Crippen LogP contribution in [0.25, 0.3) is 55.8 Å². The predicted octanol–water partition coefficient (Wildman–Crippen LogP) is 8.84. The molecule has 0 N–H and O–H groups in total. The minimum Gasteiger partial charge on any atom is -0.457 e. The third-order valence-electron chi connectivity index (χ3n) is 8.33. The van der Waals surface area contributed by atoms with Gasteiger partial charge in [-0.2, -0.15) is 5.10 Å². The number of ether oxygens (including phenoxy) is 1. The van der Waals surface area contributed by atoms with Crippen LogP contribution in [0.4, 0.5) is 0 Å². The Kier molecular flexibility index (Phi) is 6.31. The average Bonchev–Trinajstić information content (AvgIpc) is 3.74. The third kappa shape index (κ3) is 4.57. The quantitative estimate of drug-likeness (QED) is 0.195. The van der Waals surface area contributed by atoms with E-state index in [2.05, 4.69) is 95.1 Å². The Labute approximate surface area is 260 Å². The first kappa shape index (κ1) is 26.7. The zero-order chi connectivity index (χ0) is 30.5. The molecular formula is C38H30N6O. The molecule has 0 atom stereocenters. The summed E-state index contributed by atoms with van der Waals surface area (Å²) in [6, 6.07) is 37.2. The van der Waals surface area contributed by atoms with Crippen molar-refractivity contribution in [2.45, 2.75) is 13.8 Å². The van der Waals surface area contributed by atoms with Crippen molar-refractivity contribution in [1.82, 2.24) is 28.9 Å². The van der Waals surface area contributed by atoms with Gasteiger partial charge in [-0.15, -0.1) is 0 Å². The van der Waals surface area contributed by atoms with Crippen LogP contribution in [0.3, 0.4) is 0 Å². The Morgan fingerprint density at radius 3 is 2.22 bits per heavy atom. The zero-order valence-electron chi connectivity index (χ0n) is 25.2. The van der Waals surface area contributed by atoms with Crippen molar-refractivity contribution >= 4 is 21.8 Å². The molecule has 8 aromatic rings. The van der Waals surface area contributed by atoms with Crippen molar-refractivity contribution < 1.29 is 4.74 Å². The summed E-state index contributed by atoms with van der Waals surface area (Å²) in [5.41, 5.74) is 8.22. The number of nitrogens with zero attached hydrogens (tertiary/aromatic N) is 6. The molecule has 0 unspecified atom stereocenters. The Bertz CT molecular complexity index is 2330. The molecular weight excluding hydrogens is 556 g/mol. The smallest absolute Gasteiger partial charge is 0.139 e. The van der Waals surface area contributed by atoms with Gasteiger partial charge >= 0.3 is 0 Å². The SMILES string of the molecule is Cc1nn(-c2ccccc2)c(C)c1-c1cc(Oc2ccc3c4ccccc4n(-c4ccccn4)c3c2)cc(-c2nccn2C)c1. The number of rotatable bonds is 6. The number of aromatic nitrogens is 6. The normalized spacial score (nSPS) is 11.4. The minimum absolute atomic E-state index is 0.719. The standard InChI is InChI=1S/C38H30N6O/c1-25-37(26(2)44(41-25)29-11-5-4-6-12-29)27-21-28(38-40-19-20-42(38)3)23-31(22-27)45-30-16-17-33-32-13-7-8-14-34(32)43(35(33)24-30)36-15-9-10-18-39-36/h4-24H,1-3H3. The van der Waals surface area contributed by atoms with Crippen molar-refractivity contribution in [3.63, 3.8) is 0 Å². The highest BCUT2D eigenvalue weighted by Crippen LogP contribution is 2.38. The van der Waals surface area contributed by atoms with Crippen molar-refractivity contribution in [3.05, 3.63) is 139 Å². The summed E-state index contributed by atoms with van der Waals surface area (Å²) in [5, 5.41) is 7.24. The van der Waals surface area contributed by atoms with Gasteiger partial charge < -0.3 is 9.30 Å². The van der Waals surface area contributed by atoms with Crippen molar-refractivity contribution in [2.75, 3.05) is 0 Å². The number of pyridine rings is 1. The summed E-state index contributed by atoms with van der Waals surface area (Å²) in [5.74, 6) is 3.18. The van der Waals surface area contributed by atoms with Crippen LogP contribution in [0.15, 0.2) is 128 Å². The second kappa shape index (κ2) is 10.6. The molecule has 0 aliphatic carbocycles. The molecule has 8 rings (SSSR count). The van der Waals surface area contributed by atoms with Gasteiger partial charge in [-0.3, -0.25) is 4.57 Å². The van der Waals surface area contributed by atoms with Crippen LogP contribution in [0.2, 0.25) is 0 Å². The number of fused-ring (bicyclic) bond motifs is 3. The molecule has 4 heterocycles. The molecule has 4 aromatic carbocycles. The van der Waals surface area contributed by atoms with Crippen molar-refractivity contribution in [2.24, 2.45) is 7.05 Å². The molecule has 4 aromatic heterocycles. The van der Waals surface area contributed by atoms with Gasteiger partial charge in [0, 0.05) is 59.3 Å². The van der Waals surface area contributed by atoms with E-state index in [1.807, 2.05) is 77.4 Å². The maximum Gasteiger partial charge on any atom is 0.139 e. The molecule has 0 radical (unpaired) electrons. The Morgan fingerprint density at radius 2 is 1.42 bits per heavy atom. The average molecular weight is 587 g/mol. The number of benzene rings is 4. The largest absolute Gasteiger partial charge is 0.457 e. The molecule has 0 saturated heterocycles. The molecule has 7 heteroatoms. The summed E-state index contributed by atoms with van der Waals surface area (Å²) >= 11 is 0. The highest BCUT2D eigenvalue weighted by Gasteiger charge is 2.19. The van der Waals surface area contributed by atoms with Crippen LogP contribution in [0, 0.1) is 13.8 Å². The van der Waals surface area contributed by atoms with Gasteiger partial charge in [0.25, 0.3) is 0 Å². The molecule has 0 saturated carbocycles. The Hall–Kier alpha value is -5.95. The fourth-order valence-corrected chi connectivity index (χ4v) is 6.34. The predicted molar refractivity (Wildman–Crippen MR) is 179 cm³/mol. The van der Waals surface area contributed by atoms with E-state index in [1.54, 1.807) is 0 Å². The zero-order valence-corrected chi connectivity index (χ0v) is 25.2. The third-order valence-corrected chi connectivity index (χ3v) is 8.33. The van der Waals surface area contributed by atoms with Crippen LogP contribution >= 0.6 is 0 Å². The van der Waals surface area contributed by atoms with E-state index in [-0.39, 0.29) is 0 Å². The summed E-state index contributed by atoms with van der Waals surface area (Å²) in [6.07, 6.45) is 5.60. The van der Waals surface area contributed by atoms with Crippen LogP contribution in [-0.4, -0.2) is 28.9 Å². The van der Waals surface area contributed by atoms with Gasteiger partial charge in [0.15, 0.2) is 0 Å². The molecule has 218 valence electrons. The van der Waals surface area contributed by atoms with Gasteiger partial charge in [0.2, 0.25) is 0 Å². The van der Waals surface area contributed by atoms with Gasteiger partial charge in [-0.25, -0.2) is 14.6 Å². The molecule has 0 amide bonds. The maximum atomic E-state index is 6.69. The van der Waals surface area contributed by atoms with Crippen molar-refractivity contribution in [3.8, 4) is 45.5 Å². The number of hydrogen-bond donors (Lipinski definition) is 0. The van der Waals surface area contributed by atoms with E-state index in [4.69, 9.17) is 9.84 Å². The molecule has 0 aliphatic rings. The highest BCUT2D eigenvalue weighted by molar-refractivity contribution is 6.09. The lowest BCUT2D eigenvalue weighted by Gasteiger charge is -2.13. The van der Waals surface area contributed by atoms with Crippen LogP contribution in [-0.2, 0) is 7.05 Å². The fourth-order valence-electron chi connectivity index (χ4n) is 6.34. The maximum absolute atomic E-state index is 6.69. The second-order valence-electron chi connectivity index (χ2n) is 11.2. The van der Waals surface area contributed by atoms with Crippen LogP contribution in [0.1, 0.15) is 11.4 Å². The van der Waals surface area contributed by atoms with Gasteiger partial charge in [0.05, 0.1) is 22.4 Å². The molecule has 7 nitrogen and oxygen atoms in total. The fraction of sp³-hybridized carbons (Fsp3) is 0.0789. The Balaban J connectivity index is 1.28. The molecule has 0 spiro atoms. The van der Waals surface area contributed by atoms with Gasteiger partial charge in [-0.05, 0) is 80.1 Å². The second-order valence-corrected chi connectivity index (χ2v) is 11.2. The van der Waals surface area contributed by atoms with E-state index in [0.717, 1.165) is 73.3 Å². The van der Waals surface area contributed by atoms with Crippen LogP contribution in [0.5, 0.6) is 11.5 Å². The summed E-state index contributed by atoms with van der Waals surface area (Å²) in [4.78, 5) is 9.33. The summed E-state index contributed by atoms with van der Waals surface area (Å²) in [6.45, 7) is 4.17. The number of imidazole rings is 1. The summed E-state index contributed by atoms with van der Waals surface area (Å²) < 4.78 is 12.9. The first-order chi connectivity index (χ1) is 22.0. The highest BCUT2D eigenvalue weighted by atomic mass is 16.5. The number of aryl methyl sites for hydroxylation is 2. The number of para-hydroxylation sites is 2. The van der Waals surface area contributed by atoms with E-state index < -0.39 is 0 Å². The van der Waals surface area contributed by atoms with Gasteiger partial charge in [-0.1, -0.05) is 42.5 Å². The lowest BCUT2D eigenvalue weighted by Crippen LogP contribution is -1.98. The number of hydrogen-bond acceptors (Lipinski definition) is 4. The first-order valence-electron chi connectivity index (χ1n) is 14.9. The first-order valence-corrected chi connectivity index (χ1v) is 14.9. The van der Waals surface area contributed by atoms with Crippen molar-refractivity contribution in [1.29, 1.82) is 0 Å².